The first-order valence-corrected chi connectivity index (χ1v) is 8.50. The van der Waals surface area contributed by atoms with Gasteiger partial charge in [-0.2, -0.15) is 0 Å². The van der Waals surface area contributed by atoms with E-state index in [0.717, 1.165) is 6.42 Å². The Balaban J connectivity index is 1.67. The zero-order valence-electron chi connectivity index (χ0n) is 13.4. The minimum Gasteiger partial charge on any atom is -0.451 e. The normalized spacial score (nSPS) is 10.6. The van der Waals surface area contributed by atoms with Gasteiger partial charge < -0.3 is 10.1 Å². The maximum atomic E-state index is 11.7. The van der Waals surface area contributed by atoms with Gasteiger partial charge in [0.25, 0.3) is 5.91 Å². The molecule has 0 aliphatic carbocycles. The topological polar surface area (TPSA) is 55.4 Å². The Morgan fingerprint density at radius 2 is 1.91 bits per heavy atom. The standard InChI is InChI=1S/C18H21NO3S/c1-13(2)15-7-5-14(6-8-15)9-10-19-17(20)12-22-18(21)16-4-3-11-23-16/h3-8,11,13H,9-10,12H2,1-2H3,(H,19,20). The Bertz CT molecular complexity index is 633. The fourth-order valence-electron chi connectivity index (χ4n) is 2.06. The number of amides is 1. The van der Waals surface area contributed by atoms with Crippen molar-refractivity contribution in [1.29, 1.82) is 0 Å². The Morgan fingerprint density at radius 3 is 2.52 bits per heavy atom. The third kappa shape index (κ3) is 5.53. The van der Waals surface area contributed by atoms with Gasteiger partial charge in [-0.15, -0.1) is 11.3 Å². The van der Waals surface area contributed by atoms with Gasteiger partial charge in [0.15, 0.2) is 6.61 Å². The van der Waals surface area contributed by atoms with Crippen molar-refractivity contribution < 1.29 is 14.3 Å². The van der Waals surface area contributed by atoms with Gasteiger partial charge in [0.05, 0.1) is 0 Å². The van der Waals surface area contributed by atoms with Crippen LogP contribution in [-0.4, -0.2) is 25.0 Å². The summed E-state index contributed by atoms with van der Waals surface area (Å²) in [4.78, 5) is 23.8. The molecule has 1 aromatic heterocycles. The van der Waals surface area contributed by atoms with Gasteiger partial charge in [-0.3, -0.25) is 4.79 Å². The number of carbonyl (C=O) groups excluding carboxylic acids is 2. The fourth-order valence-corrected chi connectivity index (χ4v) is 2.68. The lowest BCUT2D eigenvalue weighted by Crippen LogP contribution is -2.30. The monoisotopic (exact) mass is 331 g/mol. The number of esters is 1. The summed E-state index contributed by atoms with van der Waals surface area (Å²) in [6, 6.07) is 11.8. The molecule has 1 heterocycles. The molecule has 0 atom stereocenters. The molecular weight excluding hydrogens is 310 g/mol. The highest BCUT2D eigenvalue weighted by molar-refractivity contribution is 7.11. The summed E-state index contributed by atoms with van der Waals surface area (Å²) in [7, 11) is 0. The smallest absolute Gasteiger partial charge is 0.348 e. The second-order valence-electron chi connectivity index (χ2n) is 5.55. The highest BCUT2D eigenvalue weighted by atomic mass is 32.1. The van der Waals surface area contributed by atoms with Gasteiger partial charge >= 0.3 is 5.97 Å². The summed E-state index contributed by atoms with van der Waals surface area (Å²) in [6.07, 6.45) is 0.753. The SMILES string of the molecule is CC(C)c1ccc(CCNC(=O)COC(=O)c2cccs2)cc1. The summed E-state index contributed by atoms with van der Waals surface area (Å²) in [6.45, 7) is 4.60. The van der Waals surface area contributed by atoms with Crippen molar-refractivity contribution >= 4 is 23.2 Å². The summed E-state index contributed by atoms with van der Waals surface area (Å²) < 4.78 is 4.95. The van der Waals surface area contributed by atoms with Crippen LogP contribution in [0.25, 0.3) is 0 Å². The average Bonchev–Trinajstić information content (AvgIpc) is 3.07. The molecule has 122 valence electrons. The third-order valence-electron chi connectivity index (χ3n) is 3.44. The van der Waals surface area contributed by atoms with Crippen molar-refractivity contribution in [1.82, 2.24) is 5.32 Å². The van der Waals surface area contributed by atoms with Gasteiger partial charge in [0, 0.05) is 6.54 Å². The zero-order valence-corrected chi connectivity index (χ0v) is 14.2. The molecule has 1 aromatic carbocycles. The van der Waals surface area contributed by atoms with E-state index in [9.17, 15) is 9.59 Å². The van der Waals surface area contributed by atoms with E-state index in [1.54, 1.807) is 17.5 Å². The second kappa shape index (κ2) is 8.48. The first-order valence-electron chi connectivity index (χ1n) is 7.62. The van der Waals surface area contributed by atoms with E-state index in [1.807, 2.05) is 0 Å². The molecule has 0 saturated heterocycles. The van der Waals surface area contributed by atoms with E-state index >= 15 is 0 Å². The third-order valence-corrected chi connectivity index (χ3v) is 4.29. The van der Waals surface area contributed by atoms with E-state index in [1.165, 1.54) is 22.5 Å². The second-order valence-corrected chi connectivity index (χ2v) is 6.50. The molecule has 23 heavy (non-hydrogen) atoms. The molecule has 0 spiro atoms. The van der Waals surface area contributed by atoms with Crippen molar-refractivity contribution in [2.75, 3.05) is 13.2 Å². The van der Waals surface area contributed by atoms with Crippen molar-refractivity contribution in [3.05, 3.63) is 57.8 Å². The lowest BCUT2D eigenvalue weighted by Gasteiger charge is -2.08. The number of ether oxygens (including phenoxy) is 1. The first-order chi connectivity index (χ1) is 11.1. The summed E-state index contributed by atoms with van der Waals surface area (Å²) in [5.74, 6) is -0.227. The molecule has 4 nitrogen and oxygen atoms in total. The average molecular weight is 331 g/mol. The minimum atomic E-state index is -0.459. The number of nitrogens with one attached hydrogen (secondary N) is 1. The Labute approximate surface area is 140 Å². The van der Waals surface area contributed by atoms with Gasteiger partial charge in [-0.05, 0) is 34.9 Å². The van der Waals surface area contributed by atoms with Crippen molar-refractivity contribution in [2.24, 2.45) is 0 Å². The van der Waals surface area contributed by atoms with Crippen LogP contribution in [0.4, 0.5) is 0 Å². The lowest BCUT2D eigenvalue weighted by atomic mass is 10.0. The van der Waals surface area contributed by atoms with Crippen molar-refractivity contribution in [2.45, 2.75) is 26.2 Å². The summed E-state index contributed by atoms with van der Waals surface area (Å²) >= 11 is 1.29. The number of thiophene rings is 1. The zero-order chi connectivity index (χ0) is 16.7. The Morgan fingerprint density at radius 1 is 1.17 bits per heavy atom. The van der Waals surface area contributed by atoms with Crippen LogP contribution in [-0.2, 0) is 16.0 Å². The number of hydrogen-bond donors (Lipinski definition) is 1. The lowest BCUT2D eigenvalue weighted by molar-refractivity contribution is -0.124. The van der Waals surface area contributed by atoms with E-state index in [0.29, 0.717) is 17.3 Å². The quantitative estimate of drug-likeness (QED) is 0.791. The van der Waals surface area contributed by atoms with Crippen LogP contribution in [0.3, 0.4) is 0 Å². The predicted octanol–water partition coefficient (Wildman–Crippen LogP) is 3.39. The molecule has 0 unspecified atom stereocenters. The van der Waals surface area contributed by atoms with Gasteiger partial charge in [-0.25, -0.2) is 4.79 Å². The predicted molar refractivity (Wildman–Crippen MR) is 91.8 cm³/mol. The molecule has 1 N–H and O–H groups in total. The Kier molecular flexibility index (Phi) is 6.35. The van der Waals surface area contributed by atoms with Crippen LogP contribution in [0.2, 0.25) is 0 Å². The van der Waals surface area contributed by atoms with Crippen LogP contribution in [0.1, 0.15) is 40.6 Å². The van der Waals surface area contributed by atoms with Gasteiger partial charge in [0.2, 0.25) is 0 Å². The number of hydrogen-bond acceptors (Lipinski definition) is 4. The van der Waals surface area contributed by atoms with Crippen LogP contribution >= 0.6 is 11.3 Å². The highest BCUT2D eigenvalue weighted by Gasteiger charge is 2.10. The van der Waals surface area contributed by atoms with Gasteiger partial charge in [-0.1, -0.05) is 44.2 Å². The van der Waals surface area contributed by atoms with E-state index in [4.69, 9.17) is 4.74 Å². The van der Waals surface area contributed by atoms with Crippen molar-refractivity contribution in [3.63, 3.8) is 0 Å². The molecule has 0 aliphatic heterocycles. The molecule has 5 heteroatoms. The molecule has 2 aromatic rings. The highest BCUT2D eigenvalue weighted by Crippen LogP contribution is 2.14. The molecule has 0 radical (unpaired) electrons. The molecule has 0 bridgehead atoms. The summed E-state index contributed by atoms with van der Waals surface area (Å²) in [5, 5.41) is 4.55. The van der Waals surface area contributed by atoms with Crippen LogP contribution in [0.5, 0.6) is 0 Å². The summed E-state index contributed by atoms with van der Waals surface area (Å²) in [5.41, 5.74) is 2.48. The molecule has 0 fully saturated rings. The van der Waals surface area contributed by atoms with E-state index in [2.05, 4.69) is 43.4 Å². The van der Waals surface area contributed by atoms with Gasteiger partial charge in [0.1, 0.15) is 4.88 Å². The maximum Gasteiger partial charge on any atom is 0.348 e. The number of benzene rings is 1. The molecular formula is C18H21NO3S. The fraction of sp³-hybridized carbons (Fsp3) is 0.333. The maximum absolute atomic E-state index is 11.7. The van der Waals surface area contributed by atoms with Crippen LogP contribution in [0.15, 0.2) is 41.8 Å². The Hall–Kier alpha value is -2.14. The molecule has 1 amide bonds. The minimum absolute atomic E-state index is 0.247. The first kappa shape index (κ1) is 17.2. The van der Waals surface area contributed by atoms with Crippen LogP contribution < -0.4 is 5.32 Å². The molecule has 0 saturated carbocycles. The molecule has 2 rings (SSSR count). The van der Waals surface area contributed by atoms with Crippen molar-refractivity contribution in [3.8, 4) is 0 Å². The van der Waals surface area contributed by atoms with E-state index in [-0.39, 0.29) is 12.5 Å². The van der Waals surface area contributed by atoms with E-state index < -0.39 is 5.97 Å². The number of carbonyl (C=O) groups is 2. The molecule has 0 aliphatic rings. The van der Waals surface area contributed by atoms with Crippen LogP contribution in [0, 0.1) is 0 Å². The largest absolute Gasteiger partial charge is 0.451 e. The number of rotatable bonds is 7.